The van der Waals surface area contributed by atoms with Gasteiger partial charge in [-0.2, -0.15) is 12.6 Å². The van der Waals surface area contributed by atoms with Gasteiger partial charge < -0.3 is 5.73 Å². The highest BCUT2D eigenvalue weighted by Gasteiger charge is 1.96. The van der Waals surface area contributed by atoms with Crippen LogP contribution in [0.3, 0.4) is 0 Å². The van der Waals surface area contributed by atoms with Crippen molar-refractivity contribution in [2.75, 3.05) is 11.5 Å². The van der Waals surface area contributed by atoms with Gasteiger partial charge in [0, 0.05) is 17.5 Å². The third-order valence-electron chi connectivity index (χ3n) is 1.31. The second kappa shape index (κ2) is 4.38. The molecule has 1 aromatic rings. The summed E-state index contributed by atoms with van der Waals surface area (Å²) in [5, 5.41) is 0.612. The molecular formula is C8H9ClN2S. The summed E-state index contributed by atoms with van der Waals surface area (Å²) in [6.45, 7) is 0. The summed E-state index contributed by atoms with van der Waals surface area (Å²) < 4.78 is 0. The Bertz CT molecular complexity index is 299. The van der Waals surface area contributed by atoms with E-state index in [0.717, 1.165) is 5.56 Å². The summed E-state index contributed by atoms with van der Waals surface area (Å²) in [5.41, 5.74) is 6.28. The lowest BCUT2D eigenvalue weighted by Crippen LogP contribution is -1.89. The molecule has 0 unspecified atom stereocenters. The van der Waals surface area contributed by atoms with E-state index in [2.05, 4.69) is 17.6 Å². The fourth-order valence-corrected chi connectivity index (χ4v) is 1.09. The summed E-state index contributed by atoms with van der Waals surface area (Å²) in [4.78, 5) is 3.91. The third kappa shape index (κ3) is 2.43. The average Bonchev–Trinajstić information content (AvgIpc) is 2.03. The Morgan fingerprint density at radius 1 is 1.67 bits per heavy atom. The van der Waals surface area contributed by atoms with Gasteiger partial charge in [0.05, 0.1) is 5.02 Å². The molecule has 1 rings (SSSR count). The third-order valence-corrected chi connectivity index (χ3v) is 1.84. The van der Waals surface area contributed by atoms with Gasteiger partial charge in [-0.25, -0.2) is 4.98 Å². The Labute approximate surface area is 81.9 Å². The predicted molar refractivity (Wildman–Crippen MR) is 56.5 cm³/mol. The molecule has 0 aliphatic carbocycles. The monoisotopic (exact) mass is 200 g/mol. The van der Waals surface area contributed by atoms with E-state index < -0.39 is 0 Å². The SMILES string of the molecule is Nc1cc(Cl)c(C=CCS)cn1. The van der Waals surface area contributed by atoms with Crippen LogP contribution in [0.1, 0.15) is 5.56 Å². The largest absolute Gasteiger partial charge is 0.384 e. The van der Waals surface area contributed by atoms with Crippen molar-refractivity contribution in [3.8, 4) is 0 Å². The lowest BCUT2D eigenvalue weighted by Gasteiger charge is -1.97. The van der Waals surface area contributed by atoms with Gasteiger partial charge in [0.25, 0.3) is 0 Å². The second-order valence-corrected chi connectivity index (χ2v) is 2.99. The van der Waals surface area contributed by atoms with Crippen molar-refractivity contribution in [3.05, 3.63) is 28.9 Å². The maximum atomic E-state index is 5.87. The molecule has 12 heavy (non-hydrogen) atoms. The zero-order chi connectivity index (χ0) is 8.97. The molecule has 1 heterocycles. The fourth-order valence-electron chi connectivity index (χ4n) is 0.758. The van der Waals surface area contributed by atoms with Gasteiger partial charge in [-0.05, 0) is 6.07 Å². The maximum absolute atomic E-state index is 5.87. The molecule has 0 atom stereocenters. The van der Waals surface area contributed by atoms with Crippen LogP contribution in [0.2, 0.25) is 5.02 Å². The molecule has 1 aromatic heterocycles. The van der Waals surface area contributed by atoms with Crippen LogP contribution in [0.5, 0.6) is 0 Å². The van der Waals surface area contributed by atoms with Gasteiger partial charge in [0.1, 0.15) is 5.82 Å². The van der Waals surface area contributed by atoms with Crippen LogP contribution in [-0.4, -0.2) is 10.7 Å². The first-order valence-corrected chi connectivity index (χ1v) is 4.43. The smallest absolute Gasteiger partial charge is 0.124 e. The number of nitrogen functional groups attached to an aromatic ring is 1. The van der Waals surface area contributed by atoms with Crippen molar-refractivity contribution < 1.29 is 0 Å². The lowest BCUT2D eigenvalue weighted by atomic mass is 10.2. The standard InChI is InChI=1S/C8H9ClN2S/c9-7-4-8(10)11-5-6(7)2-1-3-12/h1-2,4-5,12H,3H2,(H2,10,11). The van der Waals surface area contributed by atoms with E-state index in [1.54, 1.807) is 12.3 Å². The minimum absolute atomic E-state index is 0.433. The van der Waals surface area contributed by atoms with Crippen molar-refractivity contribution in [1.82, 2.24) is 4.98 Å². The van der Waals surface area contributed by atoms with E-state index >= 15 is 0 Å². The zero-order valence-electron chi connectivity index (χ0n) is 6.37. The first kappa shape index (κ1) is 9.42. The quantitative estimate of drug-likeness (QED) is 0.719. The molecule has 0 saturated heterocycles. The van der Waals surface area contributed by atoms with Gasteiger partial charge in [0.15, 0.2) is 0 Å². The Balaban J connectivity index is 2.94. The molecule has 0 amide bonds. The average molecular weight is 201 g/mol. The predicted octanol–water partition coefficient (Wildman–Crippen LogP) is 2.26. The van der Waals surface area contributed by atoms with E-state index in [4.69, 9.17) is 17.3 Å². The van der Waals surface area contributed by atoms with Gasteiger partial charge in [-0.1, -0.05) is 23.8 Å². The summed E-state index contributed by atoms with van der Waals surface area (Å²) in [6, 6.07) is 1.62. The van der Waals surface area contributed by atoms with Crippen LogP contribution in [0.4, 0.5) is 5.82 Å². The number of aromatic nitrogens is 1. The molecule has 0 bridgehead atoms. The van der Waals surface area contributed by atoms with Gasteiger partial charge in [0.2, 0.25) is 0 Å². The van der Waals surface area contributed by atoms with Crippen molar-refractivity contribution in [3.63, 3.8) is 0 Å². The Morgan fingerprint density at radius 2 is 2.42 bits per heavy atom. The number of hydrogen-bond acceptors (Lipinski definition) is 3. The molecule has 0 saturated carbocycles. The number of anilines is 1. The van der Waals surface area contributed by atoms with E-state index in [1.165, 1.54) is 0 Å². The first-order valence-electron chi connectivity index (χ1n) is 3.42. The molecule has 0 aromatic carbocycles. The Morgan fingerprint density at radius 3 is 3.00 bits per heavy atom. The summed E-state index contributed by atoms with van der Waals surface area (Å²) in [5.74, 6) is 1.11. The highest BCUT2D eigenvalue weighted by atomic mass is 35.5. The van der Waals surface area contributed by atoms with Gasteiger partial charge in [-0.3, -0.25) is 0 Å². The molecular weight excluding hydrogens is 192 g/mol. The van der Waals surface area contributed by atoms with Crippen LogP contribution < -0.4 is 5.73 Å². The molecule has 4 heteroatoms. The van der Waals surface area contributed by atoms with Crippen LogP contribution in [-0.2, 0) is 0 Å². The molecule has 0 aliphatic rings. The summed E-state index contributed by atoms with van der Waals surface area (Å²) >= 11 is 9.90. The van der Waals surface area contributed by atoms with Crippen LogP contribution >= 0.6 is 24.2 Å². The van der Waals surface area contributed by atoms with Crippen molar-refractivity contribution in [2.45, 2.75) is 0 Å². The number of nitrogens with zero attached hydrogens (tertiary/aromatic N) is 1. The number of thiol groups is 1. The first-order chi connectivity index (χ1) is 5.74. The Hall–Kier alpha value is -0.670. The summed E-state index contributed by atoms with van der Waals surface area (Å²) in [6.07, 6.45) is 5.39. The molecule has 2 N–H and O–H groups in total. The van der Waals surface area contributed by atoms with Crippen LogP contribution in [0.25, 0.3) is 6.08 Å². The summed E-state index contributed by atoms with van der Waals surface area (Å²) in [7, 11) is 0. The van der Waals surface area contributed by atoms with E-state index in [0.29, 0.717) is 16.6 Å². The minimum Gasteiger partial charge on any atom is -0.384 e. The van der Waals surface area contributed by atoms with Crippen molar-refractivity contribution in [2.24, 2.45) is 0 Å². The molecule has 0 radical (unpaired) electrons. The number of rotatable bonds is 2. The molecule has 2 nitrogen and oxygen atoms in total. The lowest BCUT2D eigenvalue weighted by molar-refractivity contribution is 1.32. The number of hydrogen-bond donors (Lipinski definition) is 2. The fraction of sp³-hybridized carbons (Fsp3) is 0.125. The molecule has 0 aliphatic heterocycles. The van der Waals surface area contributed by atoms with E-state index in [9.17, 15) is 0 Å². The van der Waals surface area contributed by atoms with Crippen LogP contribution in [0, 0.1) is 0 Å². The van der Waals surface area contributed by atoms with Crippen LogP contribution in [0.15, 0.2) is 18.3 Å². The Kier molecular flexibility index (Phi) is 3.44. The number of pyridine rings is 1. The number of halogens is 1. The van der Waals surface area contributed by atoms with Crippen molar-refractivity contribution >= 4 is 36.1 Å². The normalized spacial score (nSPS) is 10.8. The number of nitrogens with two attached hydrogens (primary N) is 1. The molecule has 0 spiro atoms. The second-order valence-electron chi connectivity index (χ2n) is 2.22. The zero-order valence-corrected chi connectivity index (χ0v) is 8.02. The highest BCUT2D eigenvalue weighted by Crippen LogP contribution is 2.17. The maximum Gasteiger partial charge on any atom is 0.124 e. The van der Waals surface area contributed by atoms with E-state index in [-0.39, 0.29) is 0 Å². The van der Waals surface area contributed by atoms with Crippen molar-refractivity contribution in [1.29, 1.82) is 0 Å². The highest BCUT2D eigenvalue weighted by molar-refractivity contribution is 7.80. The molecule has 64 valence electrons. The minimum atomic E-state index is 0.433. The molecule has 0 fully saturated rings. The topological polar surface area (TPSA) is 38.9 Å². The van der Waals surface area contributed by atoms with Gasteiger partial charge in [-0.15, -0.1) is 0 Å². The van der Waals surface area contributed by atoms with Gasteiger partial charge >= 0.3 is 0 Å². The van der Waals surface area contributed by atoms with E-state index in [1.807, 2.05) is 12.2 Å².